The average molecular weight is 297 g/mol. The smallest absolute Gasteiger partial charge is 0.251 e. The van der Waals surface area contributed by atoms with Gasteiger partial charge in [-0.1, -0.05) is 17.7 Å². The highest BCUT2D eigenvalue weighted by Gasteiger charge is 2.06. The number of aryl methyl sites for hydroxylation is 1. The van der Waals surface area contributed by atoms with Crippen LogP contribution >= 0.6 is 0 Å². The van der Waals surface area contributed by atoms with E-state index in [9.17, 15) is 9.18 Å². The number of carbonyl (C=O) groups is 1. The summed E-state index contributed by atoms with van der Waals surface area (Å²) < 4.78 is 14.8. The van der Waals surface area contributed by atoms with Gasteiger partial charge in [-0.25, -0.2) is 9.37 Å². The first-order valence-electron chi connectivity index (χ1n) is 7.10. The molecule has 4 nitrogen and oxygen atoms in total. The van der Waals surface area contributed by atoms with Gasteiger partial charge in [0, 0.05) is 30.9 Å². The molecule has 1 amide bonds. The second-order valence-electron chi connectivity index (χ2n) is 5.22. The summed E-state index contributed by atoms with van der Waals surface area (Å²) in [6.07, 6.45) is 3.76. The number of carbonyl (C=O) groups excluding carboxylic acids is 1. The van der Waals surface area contributed by atoms with Gasteiger partial charge in [0.15, 0.2) is 0 Å². The van der Waals surface area contributed by atoms with Crippen LogP contribution in [0.1, 0.15) is 21.6 Å². The maximum absolute atomic E-state index is 13.1. The molecule has 0 atom stereocenters. The molecular weight excluding hydrogens is 281 g/mol. The Labute approximate surface area is 127 Å². The average Bonchev–Trinajstić information content (AvgIpc) is 2.89. The van der Waals surface area contributed by atoms with E-state index in [4.69, 9.17) is 0 Å². The lowest BCUT2D eigenvalue weighted by Gasteiger charge is -2.04. The highest BCUT2D eigenvalue weighted by molar-refractivity contribution is 5.94. The van der Waals surface area contributed by atoms with Crippen molar-refractivity contribution in [3.05, 3.63) is 71.4 Å². The summed E-state index contributed by atoms with van der Waals surface area (Å²) in [5.41, 5.74) is 3.27. The number of benzene rings is 1. The second kappa shape index (κ2) is 5.97. The summed E-state index contributed by atoms with van der Waals surface area (Å²) in [5, 5.41) is 2.86. The van der Waals surface area contributed by atoms with Crippen molar-refractivity contribution < 1.29 is 9.18 Å². The topological polar surface area (TPSA) is 46.4 Å². The van der Waals surface area contributed by atoms with E-state index in [2.05, 4.69) is 10.3 Å². The first-order chi connectivity index (χ1) is 10.6. The van der Waals surface area contributed by atoms with Crippen LogP contribution in [0.15, 0.2) is 48.8 Å². The quantitative estimate of drug-likeness (QED) is 0.805. The minimum atomic E-state index is -0.302. The molecule has 0 bridgehead atoms. The molecule has 0 radical (unpaired) electrons. The Kier molecular flexibility index (Phi) is 3.87. The summed E-state index contributed by atoms with van der Waals surface area (Å²) in [4.78, 5) is 16.4. The van der Waals surface area contributed by atoms with E-state index in [1.165, 1.54) is 12.3 Å². The Balaban J connectivity index is 1.59. The predicted octanol–water partition coefficient (Wildman–Crippen LogP) is 2.75. The third kappa shape index (κ3) is 3.14. The molecule has 2 aromatic heterocycles. The van der Waals surface area contributed by atoms with E-state index in [1.54, 1.807) is 28.8 Å². The molecule has 3 aromatic rings. The van der Waals surface area contributed by atoms with E-state index >= 15 is 0 Å². The highest BCUT2D eigenvalue weighted by atomic mass is 19.1. The van der Waals surface area contributed by atoms with Crippen molar-refractivity contribution in [2.24, 2.45) is 0 Å². The van der Waals surface area contributed by atoms with Crippen LogP contribution in [0, 0.1) is 12.7 Å². The molecule has 112 valence electrons. The van der Waals surface area contributed by atoms with Crippen LogP contribution in [0.3, 0.4) is 0 Å². The number of hydrogen-bond donors (Lipinski definition) is 1. The molecule has 0 spiro atoms. The molecule has 2 heterocycles. The number of imidazole rings is 1. The van der Waals surface area contributed by atoms with Gasteiger partial charge in [0.25, 0.3) is 5.91 Å². The normalized spacial score (nSPS) is 10.8. The van der Waals surface area contributed by atoms with Gasteiger partial charge >= 0.3 is 0 Å². The molecule has 3 rings (SSSR count). The first kappa shape index (κ1) is 14.3. The van der Waals surface area contributed by atoms with Gasteiger partial charge in [0.1, 0.15) is 11.5 Å². The van der Waals surface area contributed by atoms with Crippen molar-refractivity contribution in [3.63, 3.8) is 0 Å². The molecule has 0 unspecified atom stereocenters. The van der Waals surface area contributed by atoms with Crippen LogP contribution < -0.4 is 5.32 Å². The fraction of sp³-hybridized carbons (Fsp3) is 0.176. The molecule has 5 heteroatoms. The molecular formula is C17H16FN3O. The van der Waals surface area contributed by atoms with Crippen LogP contribution in [0.2, 0.25) is 0 Å². The number of nitrogens with zero attached hydrogens (tertiary/aromatic N) is 2. The summed E-state index contributed by atoms with van der Waals surface area (Å²) in [5.74, 6) is -0.404. The lowest BCUT2D eigenvalue weighted by Crippen LogP contribution is -2.25. The maximum Gasteiger partial charge on any atom is 0.251 e. The van der Waals surface area contributed by atoms with Crippen molar-refractivity contribution in [2.45, 2.75) is 13.3 Å². The highest BCUT2D eigenvalue weighted by Crippen LogP contribution is 2.07. The van der Waals surface area contributed by atoms with Crippen molar-refractivity contribution in [1.82, 2.24) is 14.7 Å². The third-order valence-electron chi connectivity index (χ3n) is 3.45. The lowest BCUT2D eigenvalue weighted by molar-refractivity contribution is 0.0954. The van der Waals surface area contributed by atoms with Crippen LogP contribution in [-0.2, 0) is 6.42 Å². The first-order valence-corrected chi connectivity index (χ1v) is 7.10. The Hall–Kier alpha value is -2.69. The molecule has 0 aliphatic rings. The van der Waals surface area contributed by atoms with E-state index in [0.717, 1.165) is 11.3 Å². The molecule has 0 saturated carbocycles. The number of hydrogen-bond acceptors (Lipinski definition) is 2. The van der Waals surface area contributed by atoms with Crippen molar-refractivity contribution in [2.75, 3.05) is 6.54 Å². The molecule has 0 aliphatic heterocycles. The van der Waals surface area contributed by atoms with Gasteiger partial charge in [-0.3, -0.25) is 4.79 Å². The van der Waals surface area contributed by atoms with Gasteiger partial charge in [-0.2, -0.15) is 0 Å². The molecule has 0 saturated heterocycles. The van der Waals surface area contributed by atoms with E-state index < -0.39 is 0 Å². The minimum Gasteiger partial charge on any atom is -0.352 e. The van der Waals surface area contributed by atoms with Crippen LogP contribution in [0.25, 0.3) is 5.65 Å². The zero-order valence-electron chi connectivity index (χ0n) is 12.2. The minimum absolute atomic E-state index is 0.102. The van der Waals surface area contributed by atoms with Crippen molar-refractivity contribution in [1.29, 1.82) is 0 Å². The number of rotatable bonds is 4. The largest absolute Gasteiger partial charge is 0.352 e. The van der Waals surface area contributed by atoms with Crippen molar-refractivity contribution in [3.8, 4) is 0 Å². The summed E-state index contributed by atoms with van der Waals surface area (Å²) >= 11 is 0. The SMILES string of the molecule is Cc1ccc(C(=O)NCCc2cn3cc(F)ccc3n2)cc1. The monoisotopic (exact) mass is 297 g/mol. The number of nitrogens with one attached hydrogen (secondary N) is 1. The molecule has 0 aliphatic carbocycles. The van der Waals surface area contributed by atoms with E-state index in [1.807, 2.05) is 19.1 Å². The maximum atomic E-state index is 13.1. The molecule has 1 aromatic carbocycles. The van der Waals surface area contributed by atoms with Crippen LogP contribution in [0.5, 0.6) is 0 Å². The Morgan fingerprint density at radius 2 is 1.95 bits per heavy atom. The van der Waals surface area contributed by atoms with Crippen LogP contribution in [0.4, 0.5) is 4.39 Å². The zero-order chi connectivity index (χ0) is 15.5. The predicted molar refractivity (Wildman–Crippen MR) is 82.4 cm³/mol. The van der Waals surface area contributed by atoms with Gasteiger partial charge in [-0.15, -0.1) is 0 Å². The van der Waals surface area contributed by atoms with E-state index in [-0.39, 0.29) is 11.7 Å². The number of amides is 1. The van der Waals surface area contributed by atoms with Gasteiger partial charge in [-0.05, 0) is 31.2 Å². The fourth-order valence-corrected chi connectivity index (χ4v) is 2.25. The number of pyridine rings is 1. The van der Waals surface area contributed by atoms with E-state index in [0.29, 0.717) is 24.2 Å². The molecule has 0 fully saturated rings. The van der Waals surface area contributed by atoms with Crippen LogP contribution in [-0.4, -0.2) is 21.8 Å². The standard InChI is InChI=1S/C17H16FN3O/c1-12-2-4-13(5-3-12)17(22)19-9-8-15-11-21-10-14(18)6-7-16(21)20-15/h2-7,10-11H,8-9H2,1H3,(H,19,22). The fourth-order valence-electron chi connectivity index (χ4n) is 2.25. The summed E-state index contributed by atoms with van der Waals surface area (Å²) in [6.45, 7) is 2.47. The number of fused-ring (bicyclic) bond motifs is 1. The number of halogens is 1. The summed E-state index contributed by atoms with van der Waals surface area (Å²) in [6, 6.07) is 10.4. The Bertz CT molecular complexity index is 808. The Morgan fingerprint density at radius 1 is 1.18 bits per heavy atom. The zero-order valence-corrected chi connectivity index (χ0v) is 12.2. The molecule has 1 N–H and O–H groups in total. The van der Waals surface area contributed by atoms with Crippen molar-refractivity contribution >= 4 is 11.6 Å². The molecule has 22 heavy (non-hydrogen) atoms. The summed E-state index contributed by atoms with van der Waals surface area (Å²) in [7, 11) is 0. The van der Waals surface area contributed by atoms with Gasteiger partial charge in [0.05, 0.1) is 5.69 Å². The number of aromatic nitrogens is 2. The third-order valence-corrected chi connectivity index (χ3v) is 3.45. The van der Waals surface area contributed by atoms with Gasteiger partial charge in [0.2, 0.25) is 0 Å². The second-order valence-corrected chi connectivity index (χ2v) is 5.22. The lowest BCUT2D eigenvalue weighted by atomic mass is 10.1. The van der Waals surface area contributed by atoms with Gasteiger partial charge < -0.3 is 9.72 Å². The Morgan fingerprint density at radius 3 is 2.73 bits per heavy atom.